The highest BCUT2D eigenvalue weighted by Crippen LogP contribution is 2.61. The van der Waals surface area contributed by atoms with E-state index in [1.54, 1.807) is 30.3 Å². The zero-order chi connectivity index (χ0) is 23.2. The Morgan fingerprint density at radius 3 is 2.52 bits per heavy atom. The summed E-state index contributed by atoms with van der Waals surface area (Å²) in [6.07, 6.45) is 1.62. The number of fused-ring (bicyclic) bond motifs is 7. The summed E-state index contributed by atoms with van der Waals surface area (Å²) in [6.45, 7) is 3.97. The number of hydrogen-bond donors (Lipinski definition) is 1. The second-order valence-electron chi connectivity index (χ2n) is 9.34. The normalized spacial score (nSPS) is 30.1. The van der Waals surface area contributed by atoms with Gasteiger partial charge in [0.15, 0.2) is 5.78 Å². The molecule has 0 radical (unpaired) electrons. The van der Waals surface area contributed by atoms with Gasteiger partial charge in [0.05, 0.1) is 23.2 Å². The Bertz CT molecular complexity index is 1270. The molecule has 1 N–H and O–H groups in total. The summed E-state index contributed by atoms with van der Waals surface area (Å²) in [5.74, 6) is -2.42. The Balaban J connectivity index is 1.52. The van der Waals surface area contributed by atoms with Crippen LogP contribution >= 0.6 is 11.6 Å². The van der Waals surface area contributed by atoms with Crippen molar-refractivity contribution in [2.45, 2.75) is 38.3 Å². The topological polar surface area (TPSA) is 86.8 Å². The van der Waals surface area contributed by atoms with E-state index in [4.69, 9.17) is 11.6 Å². The molecule has 168 valence electrons. The second-order valence-corrected chi connectivity index (χ2v) is 9.74. The van der Waals surface area contributed by atoms with Crippen LogP contribution in [0.5, 0.6) is 0 Å². The van der Waals surface area contributed by atoms with Gasteiger partial charge >= 0.3 is 0 Å². The summed E-state index contributed by atoms with van der Waals surface area (Å²) in [6, 6.07) is 9.89. The molecule has 2 aromatic rings. The second kappa shape index (κ2) is 6.74. The van der Waals surface area contributed by atoms with E-state index in [1.165, 1.54) is 11.8 Å². The first kappa shape index (κ1) is 20.6. The number of amides is 3. The van der Waals surface area contributed by atoms with Crippen LogP contribution in [0.25, 0.3) is 0 Å². The third-order valence-corrected chi connectivity index (χ3v) is 8.30. The minimum Gasteiger partial charge on any atom is -0.324 e. The number of imide groups is 1. The lowest BCUT2D eigenvalue weighted by atomic mass is 9.75. The Morgan fingerprint density at radius 2 is 1.82 bits per heavy atom. The van der Waals surface area contributed by atoms with Crippen LogP contribution in [-0.2, 0) is 19.9 Å². The molecule has 0 unspecified atom stereocenters. The number of benzene rings is 2. The molecule has 4 aliphatic rings. The molecule has 6 rings (SSSR count). The van der Waals surface area contributed by atoms with Gasteiger partial charge in [0, 0.05) is 22.2 Å². The van der Waals surface area contributed by atoms with Crippen molar-refractivity contribution in [3.8, 4) is 0 Å². The lowest BCUT2D eigenvalue weighted by molar-refractivity contribution is -0.135. The van der Waals surface area contributed by atoms with Crippen molar-refractivity contribution in [3.05, 3.63) is 58.1 Å². The predicted molar refractivity (Wildman–Crippen MR) is 122 cm³/mol. The summed E-state index contributed by atoms with van der Waals surface area (Å²) in [5.41, 5.74) is 1.83. The van der Waals surface area contributed by atoms with Crippen LogP contribution in [0.2, 0.25) is 5.02 Å². The fourth-order valence-corrected chi connectivity index (χ4v) is 6.65. The number of rotatable bonds is 2. The number of carbonyl (C=O) groups excluding carboxylic acids is 4. The Morgan fingerprint density at radius 1 is 1.09 bits per heavy atom. The number of carbonyl (C=O) groups is 4. The van der Waals surface area contributed by atoms with Gasteiger partial charge in [0.25, 0.3) is 0 Å². The van der Waals surface area contributed by atoms with Gasteiger partial charge < -0.3 is 5.32 Å². The molecule has 7 nitrogen and oxygen atoms in total. The quantitative estimate of drug-likeness (QED) is 0.545. The summed E-state index contributed by atoms with van der Waals surface area (Å²) in [4.78, 5) is 56.3. The van der Waals surface area contributed by atoms with Crippen molar-refractivity contribution in [2.75, 3.05) is 16.8 Å². The Hall–Kier alpha value is -3.03. The number of nitrogens with one attached hydrogen (secondary N) is 1. The van der Waals surface area contributed by atoms with Gasteiger partial charge in [-0.3, -0.25) is 24.1 Å². The summed E-state index contributed by atoms with van der Waals surface area (Å²) >= 11 is 6.33. The maximum Gasteiger partial charge on any atom is 0.250 e. The highest BCUT2D eigenvalue weighted by molar-refractivity contribution is 6.32. The monoisotopic (exact) mass is 463 g/mol. The fraction of sp³-hybridized carbons (Fsp3) is 0.360. The van der Waals surface area contributed by atoms with Gasteiger partial charge in [-0.05, 0) is 69.1 Å². The van der Waals surface area contributed by atoms with Gasteiger partial charge in [-0.15, -0.1) is 0 Å². The van der Waals surface area contributed by atoms with Crippen LogP contribution in [0, 0.1) is 18.8 Å². The van der Waals surface area contributed by atoms with Gasteiger partial charge in [0.2, 0.25) is 17.7 Å². The van der Waals surface area contributed by atoms with Crippen molar-refractivity contribution in [2.24, 2.45) is 11.8 Å². The summed E-state index contributed by atoms with van der Waals surface area (Å²) in [7, 11) is 0. The lowest BCUT2D eigenvalue weighted by Crippen LogP contribution is -2.54. The molecular weight excluding hydrogens is 442 g/mol. The number of ketones is 1. The third kappa shape index (κ3) is 2.39. The number of hydrogen-bond acceptors (Lipinski definition) is 5. The van der Waals surface area contributed by atoms with E-state index in [0.717, 1.165) is 24.0 Å². The van der Waals surface area contributed by atoms with Crippen molar-refractivity contribution >= 4 is 46.5 Å². The molecule has 4 atom stereocenters. The van der Waals surface area contributed by atoms with E-state index >= 15 is 0 Å². The van der Waals surface area contributed by atoms with Crippen LogP contribution in [0.15, 0.2) is 36.4 Å². The predicted octanol–water partition coefficient (Wildman–Crippen LogP) is 3.28. The van der Waals surface area contributed by atoms with Crippen molar-refractivity contribution in [1.29, 1.82) is 0 Å². The first-order valence-corrected chi connectivity index (χ1v) is 11.5. The van der Waals surface area contributed by atoms with Gasteiger partial charge in [0.1, 0.15) is 5.54 Å². The van der Waals surface area contributed by atoms with Gasteiger partial charge in [-0.2, -0.15) is 0 Å². The maximum absolute atomic E-state index is 13.9. The molecule has 3 amide bonds. The SMILES string of the molecule is CC(=O)c1ccc(N2C(=O)[C@@H]3[C@@H]4CCCN4[C@@]4(C(=O)Nc5c4ccc(Cl)c5C)[C@H]3C2=O)cc1. The summed E-state index contributed by atoms with van der Waals surface area (Å²) in [5, 5.41) is 3.53. The number of Topliss-reactive ketones (excluding diaryl/α,β-unsaturated/α-hetero) is 1. The molecular formula is C25H22ClN3O4. The Kier molecular flexibility index (Phi) is 4.20. The molecule has 33 heavy (non-hydrogen) atoms. The van der Waals surface area contributed by atoms with Crippen LogP contribution in [0.3, 0.4) is 0 Å². The van der Waals surface area contributed by atoms with E-state index in [-0.39, 0.29) is 29.5 Å². The molecule has 3 fully saturated rings. The van der Waals surface area contributed by atoms with E-state index in [0.29, 0.717) is 28.5 Å². The van der Waals surface area contributed by atoms with E-state index < -0.39 is 17.4 Å². The number of halogens is 1. The molecule has 4 heterocycles. The number of anilines is 2. The van der Waals surface area contributed by atoms with Gasteiger partial charge in [-0.1, -0.05) is 17.7 Å². The van der Waals surface area contributed by atoms with Crippen molar-refractivity contribution < 1.29 is 19.2 Å². The average Bonchev–Trinajstić information content (AvgIpc) is 3.50. The van der Waals surface area contributed by atoms with E-state index in [9.17, 15) is 19.2 Å². The molecule has 4 aliphatic heterocycles. The maximum atomic E-state index is 13.9. The molecule has 0 saturated carbocycles. The van der Waals surface area contributed by atoms with Crippen molar-refractivity contribution in [3.63, 3.8) is 0 Å². The molecule has 2 aromatic carbocycles. The molecule has 0 aromatic heterocycles. The number of nitrogens with zero attached hydrogens (tertiary/aromatic N) is 2. The largest absolute Gasteiger partial charge is 0.324 e. The van der Waals surface area contributed by atoms with Crippen LogP contribution in [0.4, 0.5) is 11.4 Å². The van der Waals surface area contributed by atoms with Crippen molar-refractivity contribution in [1.82, 2.24) is 4.90 Å². The van der Waals surface area contributed by atoms with Gasteiger partial charge in [-0.25, -0.2) is 4.90 Å². The molecule has 0 bridgehead atoms. The molecule has 8 heteroatoms. The summed E-state index contributed by atoms with van der Waals surface area (Å²) < 4.78 is 0. The van der Waals surface area contributed by atoms with Crippen LogP contribution < -0.4 is 10.2 Å². The highest BCUT2D eigenvalue weighted by atomic mass is 35.5. The fourth-order valence-electron chi connectivity index (χ4n) is 6.49. The van der Waals surface area contributed by atoms with Crippen LogP contribution in [0.1, 0.15) is 41.3 Å². The minimum absolute atomic E-state index is 0.0914. The molecule has 1 spiro atoms. The molecule has 0 aliphatic carbocycles. The van der Waals surface area contributed by atoms with Crippen LogP contribution in [-0.4, -0.2) is 41.0 Å². The standard InChI is InChI=1S/C25H22ClN3O4/c1-12-17(26)10-9-16-21(12)27-24(33)25(16)20-19(18-4-3-11-28(18)25)22(31)29(23(20)32)15-7-5-14(6-8-15)13(2)30/h5-10,18-20H,3-4,11H2,1-2H3,(H,27,33)/t18-,19+,20+,25+/m0/s1. The minimum atomic E-state index is -1.22. The first-order chi connectivity index (χ1) is 15.8. The van der Waals surface area contributed by atoms with E-state index in [1.807, 2.05) is 13.0 Å². The molecule has 3 saturated heterocycles. The smallest absolute Gasteiger partial charge is 0.250 e. The highest BCUT2D eigenvalue weighted by Gasteiger charge is 2.74. The zero-order valence-electron chi connectivity index (χ0n) is 18.2. The third-order valence-electron chi connectivity index (χ3n) is 7.89. The average molecular weight is 464 g/mol. The Labute approximate surface area is 195 Å². The van der Waals surface area contributed by atoms with E-state index in [2.05, 4.69) is 10.2 Å². The zero-order valence-corrected chi connectivity index (χ0v) is 19.0. The first-order valence-electron chi connectivity index (χ1n) is 11.1. The lowest BCUT2D eigenvalue weighted by Gasteiger charge is -2.36.